The lowest BCUT2D eigenvalue weighted by molar-refractivity contribution is -0.244. The first-order valence-electron chi connectivity index (χ1n) is 10.6. The van der Waals surface area contributed by atoms with Gasteiger partial charge in [-0.25, -0.2) is 8.42 Å². The summed E-state index contributed by atoms with van der Waals surface area (Å²) in [7, 11) is -3.73. The Labute approximate surface area is 204 Å². The van der Waals surface area contributed by atoms with E-state index < -0.39 is 70.5 Å². The van der Waals surface area contributed by atoms with Crippen molar-refractivity contribution in [3.8, 4) is 16.9 Å². The summed E-state index contributed by atoms with van der Waals surface area (Å²) in [5.74, 6) is -1.02. The van der Waals surface area contributed by atoms with Gasteiger partial charge < -0.3 is 30.1 Å². The second-order valence-corrected chi connectivity index (χ2v) is 9.93. The van der Waals surface area contributed by atoms with Crippen molar-refractivity contribution in [1.82, 2.24) is 5.32 Å². The number of hydrogen-bond acceptors (Lipinski definition) is 8. The van der Waals surface area contributed by atoms with Crippen LogP contribution in [0.25, 0.3) is 11.1 Å². The fourth-order valence-electron chi connectivity index (χ4n) is 3.81. The van der Waals surface area contributed by atoms with Crippen molar-refractivity contribution in [2.24, 2.45) is 0 Å². The quantitative estimate of drug-likeness (QED) is 0.354. The molecule has 0 saturated carbocycles. The molecule has 1 aliphatic rings. The van der Waals surface area contributed by atoms with Gasteiger partial charge in [-0.05, 0) is 29.8 Å². The Morgan fingerprint density at radius 1 is 1.14 bits per heavy atom. The van der Waals surface area contributed by atoms with Gasteiger partial charge in [0.1, 0.15) is 30.1 Å². The number of nitrogens with one attached hydrogen (secondary N) is 2. The second-order valence-electron chi connectivity index (χ2n) is 8.18. The van der Waals surface area contributed by atoms with Crippen molar-refractivity contribution in [2.45, 2.75) is 43.7 Å². The maximum atomic E-state index is 14.0. The smallest absolute Gasteiger partial charge is 0.417 e. The van der Waals surface area contributed by atoms with E-state index in [9.17, 15) is 41.7 Å². The Balaban J connectivity index is 2.12. The molecule has 0 spiro atoms. The molecule has 5 N–H and O–H groups in total. The monoisotopic (exact) mass is 534 g/mol. The van der Waals surface area contributed by atoms with Crippen LogP contribution >= 0.6 is 0 Å². The molecule has 1 fully saturated rings. The van der Waals surface area contributed by atoms with Crippen molar-refractivity contribution in [3.63, 3.8) is 0 Å². The number of aliphatic hydroxyl groups is 3. The third kappa shape index (κ3) is 6.44. The molecule has 5 atom stereocenters. The molecular formula is C22H25F3N2O8S. The van der Waals surface area contributed by atoms with E-state index in [-0.39, 0.29) is 17.0 Å². The molecule has 0 bridgehead atoms. The number of anilines is 1. The third-order valence-electron chi connectivity index (χ3n) is 5.28. The van der Waals surface area contributed by atoms with Crippen LogP contribution in [-0.4, -0.2) is 73.2 Å². The average Bonchev–Trinajstić information content (AvgIpc) is 2.76. The van der Waals surface area contributed by atoms with Crippen molar-refractivity contribution in [3.05, 3.63) is 48.0 Å². The molecule has 3 rings (SSSR count). The van der Waals surface area contributed by atoms with Gasteiger partial charge in [-0.15, -0.1) is 0 Å². The van der Waals surface area contributed by atoms with Gasteiger partial charge in [0.25, 0.3) is 0 Å². The molecule has 14 heteroatoms. The maximum Gasteiger partial charge on any atom is 0.417 e. The number of carbonyl (C=O) groups excluding carboxylic acids is 1. The highest BCUT2D eigenvalue weighted by Crippen LogP contribution is 2.43. The number of benzene rings is 2. The Bertz CT molecular complexity index is 1210. The highest BCUT2D eigenvalue weighted by molar-refractivity contribution is 7.92. The number of hydrogen-bond donors (Lipinski definition) is 5. The van der Waals surface area contributed by atoms with Crippen LogP contribution in [0.5, 0.6) is 5.75 Å². The topological polar surface area (TPSA) is 154 Å². The molecule has 1 amide bonds. The average molecular weight is 535 g/mol. The highest BCUT2D eigenvalue weighted by atomic mass is 32.2. The summed E-state index contributed by atoms with van der Waals surface area (Å²) in [6.07, 6.45) is -10.2. The first-order valence-corrected chi connectivity index (χ1v) is 12.4. The number of halogens is 3. The summed E-state index contributed by atoms with van der Waals surface area (Å²) >= 11 is 0. The van der Waals surface area contributed by atoms with Gasteiger partial charge in [0.05, 0.1) is 18.4 Å². The summed E-state index contributed by atoms with van der Waals surface area (Å²) in [4.78, 5) is 11.7. The lowest BCUT2D eigenvalue weighted by atomic mass is 9.96. The van der Waals surface area contributed by atoms with Gasteiger partial charge >= 0.3 is 6.18 Å². The van der Waals surface area contributed by atoms with Crippen LogP contribution in [0.15, 0.2) is 42.5 Å². The van der Waals surface area contributed by atoms with Gasteiger partial charge in [-0.3, -0.25) is 9.52 Å². The molecule has 1 saturated heterocycles. The van der Waals surface area contributed by atoms with Gasteiger partial charge in [0, 0.05) is 18.2 Å². The Morgan fingerprint density at radius 2 is 1.81 bits per heavy atom. The first kappa shape index (κ1) is 27.7. The Kier molecular flexibility index (Phi) is 8.15. The lowest BCUT2D eigenvalue weighted by Gasteiger charge is -2.42. The standard InChI is InChI=1S/C22H25F3N2O8S/c1-11(29)26-18-20(31)19(30)16(10-28)35-21(18)34-15-8-4-7-14(22(23,24)25)17(15)12-5-3-6-13(9-12)27-36(2,32)33/h3-9,16,18-21,27-28,30-31H,10H2,1-2H3,(H,26,29)/t16?,18-,19-,20?,21+/m0/s1. The van der Waals surface area contributed by atoms with Crippen LogP contribution in [0.4, 0.5) is 18.9 Å². The first-order chi connectivity index (χ1) is 16.7. The van der Waals surface area contributed by atoms with Gasteiger partial charge in [-0.1, -0.05) is 18.2 Å². The van der Waals surface area contributed by atoms with E-state index in [2.05, 4.69) is 10.0 Å². The van der Waals surface area contributed by atoms with Crippen LogP contribution < -0.4 is 14.8 Å². The zero-order valence-corrected chi connectivity index (χ0v) is 19.9. The largest absolute Gasteiger partial charge is 0.462 e. The molecular weight excluding hydrogens is 509 g/mol. The predicted molar refractivity (Wildman–Crippen MR) is 121 cm³/mol. The molecule has 0 aromatic heterocycles. The molecule has 36 heavy (non-hydrogen) atoms. The number of alkyl halides is 3. The fraction of sp³-hybridized carbons (Fsp3) is 0.409. The van der Waals surface area contributed by atoms with Crippen molar-refractivity contribution < 1.29 is 51.2 Å². The van der Waals surface area contributed by atoms with E-state index in [0.717, 1.165) is 25.3 Å². The summed E-state index contributed by atoms with van der Waals surface area (Å²) < 4.78 is 78.6. The number of amides is 1. The zero-order valence-electron chi connectivity index (χ0n) is 19.1. The van der Waals surface area contributed by atoms with Crippen LogP contribution in [0.3, 0.4) is 0 Å². The van der Waals surface area contributed by atoms with Crippen molar-refractivity contribution in [1.29, 1.82) is 0 Å². The Morgan fingerprint density at radius 3 is 2.39 bits per heavy atom. The number of sulfonamides is 1. The molecule has 0 radical (unpaired) electrons. The summed E-state index contributed by atoms with van der Waals surface area (Å²) in [5.41, 5.74) is -1.63. The fourth-order valence-corrected chi connectivity index (χ4v) is 4.37. The number of ether oxygens (including phenoxy) is 2. The van der Waals surface area contributed by atoms with E-state index in [0.29, 0.717) is 0 Å². The predicted octanol–water partition coefficient (Wildman–Crippen LogP) is 1.07. The lowest BCUT2D eigenvalue weighted by Crippen LogP contribution is -2.65. The minimum Gasteiger partial charge on any atom is -0.462 e. The zero-order chi connectivity index (χ0) is 26.8. The Hall–Kier alpha value is -2.91. The minimum atomic E-state index is -4.84. The van der Waals surface area contributed by atoms with Crippen molar-refractivity contribution >= 4 is 21.6 Å². The van der Waals surface area contributed by atoms with E-state index in [1.807, 2.05) is 0 Å². The van der Waals surface area contributed by atoms with Crippen LogP contribution in [-0.2, 0) is 25.7 Å². The van der Waals surface area contributed by atoms with Crippen LogP contribution in [0.1, 0.15) is 12.5 Å². The third-order valence-corrected chi connectivity index (χ3v) is 5.89. The number of aliphatic hydroxyl groups excluding tert-OH is 3. The molecule has 2 aromatic rings. The normalized spacial score (nSPS) is 24.7. The molecule has 0 aliphatic carbocycles. The summed E-state index contributed by atoms with van der Waals surface area (Å²) in [6.45, 7) is 0.365. The molecule has 1 aliphatic heterocycles. The van der Waals surface area contributed by atoms with E-state index in [4.69, 9.17) is 9.47 Å². The van der Waals surface area contributed by atoms with E-state index in [1.165, 1.54) is 30.3 Å². The molecule has 2 aromatic carbocycles. The van der Waals surface area contributed by atoms with Crippen LogP contribution in [0.2, 0.25) is 0 Å². The molecule has 1 heterocycles. The molecule has 10 nitrogen and oxygen atoms in total. The van der Waals surface area contributed by atoms with E-state index in [1.54, 1.807) is 0 Å². The highest BCUT2D eigenvalue weighted by Gasteiger charge is 2.46. The SMILES string of the molecule is CC(=O)N[C@H]1C(O)[C@@H](O)C(CO)O[C@H]1Oc1cccc(C(F)(F)F)c1-c1cccc(NS(C)(=O)=O)c1. The van der Waals surface area contributed by atoms with Gasteiger partial charge in [0.15, 0.2) is 0 Å². The summed E-state index contributed by atoms with van der Waals surface area (Å²) in [6, 6.07) is 6.86. The van der Waals surface area contributed by atoms with E-state index >= 15 is 0 Å². The van der Waals surface area contributed by atoms with Gasteiger partial charge in [-0.2, -0.15) is 13.2 Å². The number of rotatable bonds is 7. The molecule has 2 unspecified atom stereocenters. The van der Waals surface area contributed by atoms with Crippen molar-refractivity contribution in [2.75, 3.05) is 17.6 Å². The van der Waals surface area contributed by atoms with Crippen LogP contribution in [0, 0.1) is 0 Å². The molecule has 198 valence electrons. The second kappa shape index (κ2) is 10.6. The maximum absolute atomic E-state index is 14.0. The summed E-state index contributed by atoms with van der Waals surface area (Å²) in [5, 5.41) is 32.5. The minimum absolute atomic E-state index is 0.00172. The van der Waals surface area contributed by atoms with Gasteiger partial charge in [0.2, 0.25) is 22.2 Å². The number of carbonyl (C=O) groups is 1.